The van der Waals surface area contributed by atoms with Crippen LogP contribution in [0.3, 0.4) is 0 Å². The molecule has 0 spiro atoms. The highest BCUT2D eigenvalue weighted by atomic mass is 16.1. The molecule has 0 aromatic heterocycles. The third-order valence-corrected chi connectivity index (χ3v) is 5.34. The molecule has 1 saturated carbocycles. The largest absolute Gasteiger partial charge is 0.353 e. The quantitative estimate of drug-likeness (QED) is 0.841. The van der Waals surface area contributed by atoms with Crippen LogP contribution in [0.5, 0.6) is 0 Å². The van der Waals surface area contributed by atoms with Crippen molar-refractivity contribution in [2.75, 3.05) is 0 Å². The van der Waals surface area contributed by atoms with Crippen molar-refractivity contribution in [1.82, 2.24) is 5.32 Å². The molecule has 0 aliphatic heterocycles. The van der Waals surface area contributed by atoms with Gasteiger partial charge in [-0.2, -0.15) is 5.26 Å². The van der Waals surface area contributed by atoms with Crippen LogP contribution in [0.2, 0.25) is 0 Å². The van der Waals surface area contributed by atoms with Gasteiger partial charge in [-0.1, -0.05) is 38.1 Å². The van der Waals surface area contributed by atoms with E-state index in [1.165, 1.54) is 5.56 Å². The van der Waals surface area contributed by atoms with E-state index in [1.807, 2.05) is 12.1 Å². The molecular formula is C19H26N2O. The molecule has 1 aliphatic carbocycles. The van der Waals surface area contributed by atoms with E-state index in [-0.39, 0.29) is 5.54 Å². The average Bonchev–Trinajstić information content (AvgIpc) is 2.49. The molecule has 1 fully saturated rings. The number of amides is 1. The predicted octanol–water partition coefficient (Wildman–Crippen LogP) is 3.80. The van der Waals surface area contributed by atoms with Crippen molar-refractivity contribution in [3.63, 3.8) is 0 Å². The van der Waals surface area contributed by atoms with Crippen LogP contribution in [0.25, 0.3) is 0 Å². The smallest absolute Gasteiger partial charge is 0.207 e. The van der Waals surface area contributed by atoms with Crippen LogP contribution in [0.4, 0.5) is 0 Å². The minimum atomic E-state index is -0.177. The summed E-state index contributed by atoms with van der Waals surface area (Å²) >= 11 is 0. The van der Waals surface area contributed by atoms with Crippen LogP contribution in [0.1, 0.15) is 57.1 Å². The average molecular weight is 298 g/mol. The van der Waals surface area contributed by atoms with Crippen molar-refractivity contribution >= 4 is 6.41 Å². The van der Waals surface area contributed by atoms with Crippen LogP contribution in [0.15, 0.2) is 24.3 Å². The fourth-order valence-corrected chi connectivity index (χ4v) is 3.72. The summed E-state index contributed by atoms with van der Waals surface area (Å²) in [4.78, 5) is 11.1. The molecule has 3 heteroatoms. The molecule has 0 saturated heterocycles. The van der Waals surface area contributed by atoms with Crippen LogP contribution in [-0.2, 0) is 11.2 Å². The molecule has 0 heterocycles. The summed E-state index contributed by atoms with van der Waals surface area (Å²) in [7, 11) is 0. The number of carbonyl (C=O) groups excluding carboxylic acids is 1. The molecule has 1 aliphatic rings. The van der Waals surface area contributed by atoms with Gasteiger partial charge in [0.25, 0.3) is 0 Å². The number of nitrogens with one attached hydrogen (secondary N) is 1. The lowest BCUT2D eigenvalue weighted by atomic mass is 9.65. The van der Waals surface area contributed by atoms with Gasteiger partial charge in [-0.15, -0.1) is 0 Å². The summed E-state index contributed by atoms with van der Waals surface area (Å²) in [5.74, 6) is 1.70. The fourth-order valence-electron chi connectivity index (χ4n) is 3.72. The number of benzene rings is 1. The standard InChI is InChI=1S/C19H26N2O/c1-14(2)17-8-10-19(3,21-13-22)18(12-17)16-6-4-15(5-7-16)9-11-20/h4-7,13-14,17-18H,8-10,12H2,1-3H3,(H,21,22). The molecule has 22 heavy (non-hydrogen) atoms. The lowest BCUT2D eigenvalue weighted by Gasteiger charge is -2.45. The number of rotatable bonds is 5. The van der Waals surface area contributed by atoms with Crippen molar-refractivity contribution in [3.05, 3.63) is 35.4 Å². The van der Waals surface area contributed by atoms with E-state index in [2.05, 4.69) is 44.3 Å². The molecule has 0 radical (unpaired) electrons. The summed E-state index contributed by atoms with van der Waals surface area (Å²) in [6.45, 7) is 6.73. The van der Waals surface area contributed by atoms with E-state index in [1.54, 1.807) is 0 Å². The zero-order chi connectivity index (χ0) is 16.2. The molecule has 0 bridgehead atoms. The van der Waals surface area contributed by atoms with Crippen LogP contribution in [0, 0.1) is 23.2 Å². The Morgan fingerprint density at radius 3 is 2.64 bits per heavy atom. The summed E-state index contributed by atoms with van der Waals surface area (Å²) in [5, 5.41) is 11.9. The molecule has 3 unspecified atom stereocenters. The molecule has 1 aromatic carbocycles. The van der Waals surface area contributed by atoms with Gasteiger partial charge in [0, 0.05) is 11.5 Å². The van der Waals surface area contributed by atoms with Gasteiger partial charge >= 0.3 is 0 Å². The molecule has 1 aromatic rings. The Labute approximate surface area is 133 Å². The van der Waals surface area contributed by atoms with Crippen molar-refractivity contribution in [2.24, 2.45) is 11.8 Å². The molecule has 1 amide bonds. The highest BCUT2D eigenvalue weighted by Gasteiger charge is 2.41. The Hall–Kier alpha value is -1.82. The maximum atomic E-state index is 11.1. The predicted molar refractivity (Wildman–Crippen MR) is 88.3 cm³/mol. The van der Waals surface area contributed by atoms with Gasteiger partial charge in [0.05, 0.1) is 12.5 Å². The van der Waals surface area contributed by atoms with Gasteiger partial charge in [0.1, 0.15) is 0 Å². The van der Waals surface area contributed by atoms with E-state index < -0.39 is 0 Å². The monoisotopic (exact) mass is 298 g/mol. The lowest BCUT2D eigenvalue weighted by molar-refractivity contribution is -0.111. The number of hydrogen-bond donors (Lipinski definition) is 1. The molecule has 3 nitrogen and oxygen atoms in total. The van der Waals surface area contributed by atoms with E-state index in [0.29, 0.717) is 24.2 Å². The van der Waals surface area contributed by atoms with Gasteiger partial charge < -0.3 is 5.32 Å². The summed E-state index contributed by atoms with van der Waals surface area (Å²) < 4.78 is 0. The Balaban J connectivity index is 2.28. The summed E-state index contributed by atoms with van der Waals surface area (Å²) in [6, 6.07) is 10.5. The van der Waals surface area contributed by atoms with Crippen molar-refractivity contribution in [2.45, 2.75) is 57.9 Å². The fraction of sp³-hybridized carbons (Fsp3) is 0.579. The summed E-state index contributed by atoms with van der Waals surface area (Å²) in [6.07, 6.45) is 4.57. The highest BCUT2D eigenvalue weighted by Crippen LogP contribution is 2.45. The maximum Gasteiger partial charge on any atom is 0.207 e. The molecule has 3 atom stereocenters. The highest BCUT2D eigenvalue weighted by molar-refractivity contribution is 5.49. The Morgan fingerprint density at radius 2 is 2.09 bits per heavy atom. The Morgan fingerprint density at radius 1 is 1.41 bits per heavy atom. The number of nitrogens with zero attached hydrogens (tertiary/aromatic N) is 1. The normalized spacial score (nSPS) is 28.1. The zero-order valence-electron chi connectivity index (χ0n) is 13.8. The molecular weight excluding hydrogens is 272 g/mol. The number of hydrogen-bond acceptors (Lipinski definition) is 2. The van der Waals surface area contributed by atoms with Crippen LogP contribution < -0.4 is 5.32 Å². The second-order valence-corrected chi connectivity index (χ2v) is 7.09. The maximum absolute atomic E-state index is 11.1. The number of carbonyl (C=O) groups is 1. The van der Waals surface area contributed by atoms with Gasteiger partial charge in [0.2, 0.25) is 6.41 Å². The molecule has 1 N–H and O–H groups in total. The first kappa shape index (κ1) is 16.5. The van der Waals surface area contributed by atoms with Crippen molar-refractivity contribution in [1.29, 1.82) is 5.26 Å². The Kier molecular flexibility index (Phi) is 5.24. The van der Waals surface area contributed by atoms with E-state index in [9.17, 15) is 4.79 Å². The van der Waals surface area contributed by atoms with Crippen molar-refractivity contribution in [3.8, 4) is 6.07 Å². The second-order valence-electron chi connectivity index (χ2n) is 7.09. The topological polar surface area (TPSA) is 52.9 Å². The lowest BCUT2D eigenvalue weighted by Crippen LogP contribution is -2.50. The van der Waals surface area contributed by atoms with E-state index in [0.717, 1.165) is 31.2 Å². The van der Waals surface area contributed by atoms with Crippen molar-refractivity contribution < 1.29 is 4.79 Å². The van der Waals surface area contributed by atoms with E-state index in [4.69, 9.17) is 5.26 Å². The first-order valence-electron chi connectivity index (χ1n) is 8.17. The van der Waals surface area contributed by atoms with Gasteiger partial charge in [-0.05, 0) is 49.1 Å². The van der Waals surface area contributed by atoms with Gasteiger partial charge in [0.15, 0.2) is 0 Å². The first-order valence-corrected chi connectivity index (χ1v) is 8.17. The third kappa shape index (κ3) is 3.50. The minimum absolute atomic E-state index is 0.177. The first-order chi connectivity index (χ1) is 10.5. The number of nitriles is 1. The van der Waals surface area contributed by atoms with Crippen LogP contribution in [-0.4, -0.2) is 11.9 Å². The zero-order valence-corrected chi connectivity index (χ0v) is 13.8. The Bertz CT molecular complexity index is 544. The molecule has 2 rings (SSSR count). The minimum Gasteiger partial charge on any atom is -0.353 e. The SMILES string of the molecule is CC(C)C1CCC(C)(NC=O)C(c2ccc(CC#N)cc2)C1. The third-order valence-electron chi connectivity index (χ3n) is 5.34. The molecule has 118 valence electrons. The van der Waals surface area contributed by atoms with Gasteiger partial charge in [-0.3, -0.25) is 4.79 Å². The van der Waals surface area contributed by atoms with Crippen LogP contribution >= 0.6 is 0 Å². The van der Waals surface area contributed by atoms with Gasteiger partial charge in [-0.25, -0.2) is 0 Å². The second kappa shape index (κ2) is 6.96. The summed E-state index contributed by atoms with van der Waals surface area (Å²) in [5.41, 5.74) is 2.14. The van der Waals surface area contributed by atoms with E-state index >= 15 is 0 Å².